The lowest BCUT2D eigenvalue weighted by molar-refractivity contribution is 0.102. The molecule has 0 aliphatic carbocycles. The highest BCUT2D eigenvalue weighted by atomic mass is 32.2. The van der Waals surface area contributed by atoms with E-state index in [2.05, 4.69) is 10.0 Å². The molecule has 0 aliphatic heterocycles. The Kier molecular flexibility index (Phi) is 6.01. The molecule has 0 radical (unpaired) electrons. The number of sulfonamides is 1. The topological polar surface area (TPSA) is 75.3 Å². The molecule has 2 N–H and O–H groups in total. The van der Waals surface area contributed by atoms with Crippen LogP contribution in [0, 0.1) is 5.82 Å². The van der Waals surface area contributed by atoms with E-state index in [1.807, 2.05) is 24.5 Å². The van der Waals surface area contributed by atoms with Gasteiger partial charge in [-0.05, 0) is 73.0 Å². The third kappa shape index (κ3) is 4.90. The largest absolute Gasteiger partial charge is 0.322 e. The predicted molar refractivity (Wildman–Crippen MR) is 110 cm³/mol. The van der Waals surface area contributed by atoms with Gasteiger partial charge in [0.15, 0.2) is 0 Å². The van der Waals surface area contributed by atoms with Gasteiger partial charge in [-0.15, -0.1) is 11.8 Å². The summed E-state index contributed by atoms with van der Waals surface area (Å²) < 4.78 is 40.0. The minimum Gasteiger partial charge on any atom is -0.322 e. The first-order valence-corrected chi connectivity index (χ1v) is 10.9. The van der Waals surface area contributed by atoms with Crippen molar-refractivity contribution in [3.63, 3.8) is 0 Å². The molecule has 144 valence electrons. The minimum absolute atomic E-state index is 0.0515. The smallest absolute Gasteiger partial charge is 0.261 e. The van der Waals surface area contributed by atoms with Gasteiger partial charge >= 0.3 is 0 Å². The second kappa shape index (κ2) is 8.45. The van der Waals surface area contributed by atoms with Crippen molar-refractivity contribution in [1.82, 2.24) is 0 Å². The number of nitrogens with one attached hydrogen (secondary N) is 2. The fourth-order valence-electron chi connectivity index (χ4n) is 2.42. The lowest BCUT2D eigenvalue weighted by Crippen LogP contribution is -2.14. The van der Waals surface area contributed by atoms with Crippen LogP contribution in [0.4, 0.5) is 15.8 Å². The van der Waals surface area contributed by atoms with Gasteiger partial charge in [-0.1, -0.05) is 6.07 Å². The Balaban J connectivity index is 1.70. The second-order valence-corrected chi connectivity index (χ2v) is 8.38. The summed E-state index contributed by atoms with van der Waals surface area (Å²) in [5, 5.41) is 2.81. The van der Waals surface area contributed by atoms with E-state index < -0.39 is 15.8 Å². The first-order chi connectivity index (χ1) is 13.4. The van der Waals surface area contributed by atoms with Crippen LogP contribution in [0.25, 0.3) is 0 Å². The zero-order valence-electron chi connectivity index (χ0n) is 14.8. The van der Waals surface area contributed by atoms with E-state index in [1.165, 1.54) is 36.4 Å². The van der Waals surface area contributed by atoms with Crippen molar-refractivity contribution in [1.29, 1.82) is 0 Å². The van der Waals surface area contributed by atoms with Crippen LogP contribution in [-0.4, -0.2) is 20.6 Å². The third-order valence-electron chi connectivity index (χ3n) is 3.85. The molecular weight excluding hydrogens is 399 g/mol. The van der Waals surface area contributed by atoms with Crippen molar-refractivity contribution in [3.05, 3.63) is 84.2 Å². The predicted octanol–water partition coefficient (Wildman–Crippen LogP) is 4.60. The second-order valence-electron chi connectivity index (χ2n) is 5.82. The van der Waals surface area contributed by atoms with Gasteiger partial charge in [0.1, 0.15) is 5.82 Å². The number of hydrogen-bond donors (Lipinski definition) is 2. The molecule has 5 nitrogen and oxygen atoms in total. The first-order valence-electron chi connectivity index (χ1n) is 8.21. The van der Waals surface area contributed by atoms with E-state index >= 15 is 0 Å². The number of halogens is 1. The zero-order valence-corrected chi connectivity index (χ0v) is 16.5. The van der Waals surface area contributed by atoms with Gasteiger partial charge in [-0.25, -0.2) is 12.8 Å². The molecule has 0 aromatic heterocycles. The van der Waals surface area contributed by atoms with Gasteiger partial charge in [0.05, 0.1) is 4.90 Å². The maximum atomic E-state index is 13.0. The molecular formula is C20H17FN2O3S2. The monoisotopic (exact) mass is 416 g/mol. The Morgan fingerprint density at radius 2 is 1.61 bits per heavy atom. The Bertz CT molecular complexity index is 1080. The fourth-order valence-corrected chi connectivity index (χ4v) is 3.94. The van der Waals surface area contributed by atoms with Gasteiger partial charge in [0, 0.05) is 21.8 Å². The normalized spacial score (nSPS) is 11.1. The maximum absolute atomic E-state index is 13.0. The van der Waals surface area contributed by atoms with E-state index in [0.29, 0.717) is 16.9 Å². The number of thioether (sulfide) groups is 1. The molecule has 0 saturated heterocycles. The Labute approximate surface area is 167 Å². The Morgan fingerprint density at radius 1 is 0.929 bits per heavy atom. The first kappa shape index (κ1) is 19.9. The molecule has 3 rings (SSSR count). The summed E-state index contributed by atoms with van der Waals surface area (Å²) in [6, 6.07) is 18.0. The summed E-state index contributed by atoms with van der Waals surface area (Å²) in [4.78, 5) is 13.4. The quantitative estimate of drug-likeness (QED) is 0.576. The molecule has 0 saturated carbocycles. The van der Waals surface area contributed by atoms with Crippen molar-refractivity contribution in [2.45, 2.75) is 9.79 Å². The molecule has 28 heavy (non-hydrogen) atoms. The SMILES string of the molecule is CSc1cccc(NC(=O)c2ccc(NS(=O)(=O)c3ccc(F)cc3)cc2)c1. The van der Waals surface area contributed by atoms with Crippen LogP contribution in [0.5, 0.6) is 0 Å². The van der Waals surface area contributed by atoms with Gasteiger partial charge in [0.25, 0.3) is 15.9 Å². The molecule has 0 atom stereocenters. The molecule has 0 fully saturated rings. The molecule has 0 unspecified atom stereocenters. The zero-order chi connectivity index (χ0) is 20.1. The standard InChI is InChI=1S/C20H17FN2O3S2/c1-27-18-4-2-3-17(13-18)22-20(24)14-5-9-16(10-6-14)23-28(25,26)19-11-7-15(21)8-12-19/h2-13,23H,1H3,(H,22,24). The summed E-state index contributed by atoms with van der Waals surface area (Å²) in [5.41, 5.74) is 1.36. The molecule has 1 amide bonds. The van der Waals surface area contributed by atoms with Crippen molar-refractivity contribution >= 4 is 39.1 Å². The highest BCUT2D eigenvalue weighted by molar-refractivity contribution is 7.98. The average Bonchev–Trinajstić information content (AvgIpc) is 2.68. The average molecular weight is 416 g/mol. The van der Waals surface area contributed by atoms with Gasteiger partial charge in [0.2, 0.25) is 0 Å². The van der Waals surface area contributed by atoms with E-state index in [-0.39, 0.29) is 10.8 Å². The van der Waals surface area contributed by atoms with Crippen LogP contribution < -0.4 is 10.0 Å². The third-order valence-corrected chi connectivity index (χ3v) is 5.97. The molecule has 3 aromatic rings. The summed E-state index contributed by atoms with van der Waals surface area (Å²) in [5.74, 6) is -0.816. The number of carbonyl (C=O) groups is 1. The van der Waals surface area contributed by atoms with E-state index in [9.17, 15) is 17.6 Å². The summed E-state index contributed by atoms with van der Waals surface area (Å²) in [7, 11) is -3.84. The Morgan fingerprint density at radius 3 is 2.25 bits per heavy atom. The molecule has 0 bridgehead atoms. The summed E-state index contributed by atoms with van der Waals surface area (Å²) in [6.07, 6.45) is 1.95. The molecule has 0 aliphatic rings. The lowest BCUT2D eigenvalue weighted by Gasteiger charge is -2.10. The van der Waals surface area contributed by atoms with Gasteiger partial charge < -0.3 is 5.32 Å². The van der Waals surface area contributed by atoms with Crippen molar-refractivity contribution in [3.8, 4) is 0 Å². The summed E-state index contributed by atoms with van der Waals surface area (Å²) >= 11 is 1.57. The van der Waals surface area contributed by atoms with E-state index in [1.54, 1.807) is 17.8 Å². The molecule has 8 heteroatoms. The molecule has 0 heterocycles. The highest BCUT2D eigenvalue weighted by Gasteiger charge is 2.14. The molecule has 0 spiro atoms. The highest BCUT2D eigenvalue weighted by Crippen LogP contribution is 2.21. The van der Waals surface area contributed by atoms with Crippen molar-refractivity contribution < 1.29 is 17.6 Å². The van der Waals surface area contributed by atoms with E-state index in [4.69, 9.17) is 0 Å². The van der Waals surface area contributed by atoms with Gasteiger partial charge in [-0.2, -0.15) is 0 Å². The minimum atomic E-state index is -3.84. The summed E-state index contributed by atoms with van der Waals surface area (Å²) in [6.45, 7) is 0. The van der Waals surface area contributed by atoms with Crippen molar-refractivity contribution in [2.24, 2.45) is 0 Å². The maximum Gasteiger partial charge on any atom is 0.261 e. The number of anilines is 2. The number of amides is 1. The lowest BCUT2D eigenvalue weighted by atomic mass is 10.2. The fraction of sp³-hybridized carbons (Fsp3) is 0.0500. The van der Waals surface area contributed by atoms with Crippen LogP contribution in [-0.2, 0) is 10.0 Å². The van der Waals surface area contributed by atoms with E-state index in [0.717, 1.165) is 17.0 Å². The number of benzene rings is 3. The van der Waals surface area contributed by atoms with Crippen LogP contribution >= 0.6 is 11.8 Å². The molecule has 3 aromatic carbocycles. The Hall–Kier alpha value is -2.84. The number of hydrogen-bond acceptors (Lipinski definition) is 4. The van der Waals surface area contributed by atoms with Gasteiger partial charge in [-0.3, -0.25) is 9.52 Å². The van der Waals surface area contributed by atoms with Crippen molar-refractivity contribution in [2.75, 3.05) is 16.3 Å². The van der Waals surface area contributed by atoms with Crippen LogP contribution in [0.15, 0.2) is 82.6 Å². The number of rotatable bonds is 6. The van der Waals surface area contributed by atoms with Crippen LogP contribution in [0.2, 0.25) is 0 Å². The van der Waals surface area contributed by atoms with Crippen LogP contribution in [0.3, 0.4) is 0 Å². The number of carbonyl (C=O) groups excluding carboxylic acids is 1. The van der Waals surface area contributed by atoms with Crippen LogP contribution in [0.1, 0.15) is 10.4 Å².